The molecule has 12 aromatic rings. The van der Waals surface area contributed by atoms with E-state index in [-0.39, 0.29) is 9.79 Å². The molecule has 1 radical (unpaired) electrons. The van der Waals surface area contributed by atoms with E-state index < -0.39 is 20.0 Å². The molecule has 0 saturated carbocycles. The van der Waals surface area contributed by atoms with Gasteiger partial charge in [0.1, 0.15) is 21.7 Å². The van der Waals surface area contributed by atoms with Gasteiger partial charge >= 0.3 is 7.69 Å². The molecule has 0 amide bonds. The Morgan fingerprint density at radius 2 is 1.10 bits per heavy atom. The minimum absolute atomic E-state index is 0.213. The van der Waals surface area contributed by atoms with E-state index in [1.807, 2.05) is 50.5 Å². The van der Waals surface area contributed by atoms with Gasteiger partial charge in [0.05, 0.1) is 9.79 Å². The number of benzene rings is 3. The van der Waals surface area contributed by atoms with Crippen LogP contribution >= 0.6 is 39.1 Å². The van der Waals surface area contributed by atoms with Gasteiger partial charge in [-0.3, -0.25) is 4.98 Å². The van der Waals surface area contributed by atoms with Crippen LogP contribution in [0.2, 0.25) is 10.3 Å². The summed E-state index contributed by atoms with van der Waals surface area (Å²) in [6.07, 6.45) is 17.0. The maximum atomic E-state index is 13.2. The first-order chi connectivity index (χ1) is 38.2. The molecular formula is C58H46BBrCl2N9O6S2. The van der Waals surface area contributed by atoms with Gasteiger partial charge in [-0.1, -0.05) is 88.9 Å². The number of nitrogens with one attached hydrogen (secondary N) is 1. The number of H-pyrrole nitrogens is 1. The largest absolute Gasteiger partial charge is 0.569 e. The Kier molecular flexibility index (Phi) is 17.8. The molecule has 0 bridgehead atoms. The number of rotatable bonds is 11. The highest BCUT2D eigenvalue weighted by Crippen LogP contribution is 2.34. The van der Waals surface area contributed by atoms with Gasteiger partial charge in [-0.2, -0.15) is 0 Å². The van der Waals surface area contributed by atoms with Crippen molar-refractivity contribution >= 4 is 100.0 Å². The van der Waals surface area contributed by atoms with Crippen molar-refractivity contribution in [2.24, 2.45) is 0 Å². The van der Waals surface area contributed by atoms with Gasteiger partial charge in [0.25, 0.3) is 20.0 Å². The minimum atomic E-state index is -3.77. The summed E-state index contributed by atoms with van der Waals surface area (Å²) in [5, 5.41) is 11.5. The van der Waals surface area contributed by atoms with Gasteiger partial charge in [0.15, 0.2) is 11.3 Å². The molecule has 395 valence electrons. The van der Waals surface area contributed by atoms with E-state index in [1.54, 1.807) is 110 Å². The number of halogens is 3. The van der Waals surface area contributed by atoms with Crippen LogP contribution in [0.25, 0.3) is 55.4 Å². The second-order valence-electron chi connectivity index (χ2n) is 17.5. The van der Waals surface area contributed by atoms with E-state index in [1.165, 1.54) is 43.1 Å². The van der Waals surface area contributed by atoms with Crippen LogP contribution in [0, 0.1) is 13.8 Å². The summed E-state index contributed by atoms with van der Waals surface area (Å²) in [6.45, 7) is 3.83. The van der Waals surface area contributed by atoms with Crippen molar-refractivity contribution < 1.29 is 26.5 Å². The van der Waals surface area contributed by atoms with Crippen LogP contribution in [-0.2, 0) is 32.9 Å². The SMILES string of the molecule is Cc1ccc(S(=O)(=O)n2cc(-c3ccnc(Cl)c3)c3cccnc32)cc1.Cc1ccc(S(=O)(=O)n2cc(Br)c3cccnc32)cc1.O[B]Oc1ccnc(Cl)c1.c1ccc(CCc2cc(-c3c[nH]c4ncccc34)ccn2)cc1. The number of aromatic nitrogens is 9. The highest BCUT2D eigenvalue weighted by atomic mass is 79.9. The standard InChI is InChI=1S/C20H17N3.C19H14ClN3O2S.C14H11BrN2O2S.C5H4BClNO2/c1-2-5-15(6-3-1)8-9-17-13-16(10-12-21-17)19-14-23-20-18(19)7-4-11-22-20;1-13-4-6-15(7-5-13)26(24,25)23-12-17(14-8-10-21-18(20)11-14)16-3-2-9-22-19(16)23;1-10-4-6-11(7-5-10)20(18,19)17-9-13(15)12-3-2-8-16-14(12)17;7-5-3-4(10-6-9)1-2-8-5/h1-7,10-14H,8-9H2,(H,22,23);2-12H,1H3;2-9H,1H3;1-3,9H. The summed E-state index contributed by atoms with van der Waals surface area (Å²) >= 11 is 14.9. The van der Waals surface area contributed by atoms with Crippen LogP contribution in [0.15, 0.2) is 222 Å². The van der Waals surface area contributed by atoms with Gasteiger partial charge in [-0.25, -0.2) is 49.7 Å². The van der Waals surface area contributed by atoms with Crippen molar-refractivity contribution in [3.63, 3.8) is 0 Å². The number of fused-ring (bicyclic) bond motifs is 3. The summed E-state index contributed by atoms with van der Waals surface area (Å²) < 4.78 is 59.4. The van der Waals surface area contributed by atoms with E-state index in [9.17, 15) is 16.8 Å². The summed E-state index contributed by atoms with van der Waals surface area (Å²) in [4.78, 5) is 28.7. The second kappa shape index (κ2) is 25.2. The second-order valence-corrected chi connectivity index (χ2v) is 22.8. The predicted octanol–water partition coefficient (Wildman–Crippen LogP) is 12.7. The zero-order chi connectivity index (χ0) is 55.5. The molecule has 0 aliphatic heterocycles. The topological polar surface area (TPSA) is 201 Å². The number of hydrogen-bond donors (Lipinski definition) is 2. The van der Waals surface area contributed by atoms with Crippen molar-refractivity contribution in [2.45, 2.75) is 36.5 Å². The fourth-order valence-electron chi connectivity index (χ4n) is 8.25. The van der Waals surface area contributed by atoms with E-state index >= 15 is 0 Å². The minimum Gasteiger partial charge on any atom is -0.537 e. The molecule has 0 saturated heterocycles. The van der Waals surface area contributed by atoms with Crippen LogP contribution < -0.4 is 4.65 Å². The molecule has 3 aromatic carbocycles. The first-order valence-corrected chi connectivity index (χ1v) is 28.6. The first kappa shape index (κ1) is 55.7. The normalized spacial score (nSPS) is 11.2. The molecule has 9 aromatic heterocycles. The molecule has 0 unspecified atom stereocenters. The van der Waals surface area contributed by atoms with Gasteiger partial charge in [0, 0.05) is 99.3 Å². The molecule has 79 heavy (non-hydrogen) atoms. The van der Waals surface area contributed by atoms with Gasteiger partial charge in [-0.05, 0) is 150 Å². The zero-order valence-corrected chi connectivity index (χ0v) is 46.9. The van der Waals surface area contributed by atoms with Crippen LogP contribution in [0.3, 0.4) is 0 Å². The van der Waals surface area contributed by atoms with Crippen molar-refractivity contribution in [1.29, 1.82) is 0 Å². The Balaban J connectivity index is 0.000000133. The summed E-state index contributed by atoms with van der Waals surface area (Å²) in [5.41, 5.74) is 10.0. The van der Waals surface area contributed by atoms with Crippen LogP contribution in [0.1, 0.15) is 22.4 Å². The fraction of sp³-hybridized carbons (Fsp3) is 0.0690. The molecule has 0 aliphatic carbocycles. The monoisotopic (exact) mass is 1190 g/mol. The number of aryl methyl sites for hydroxylation is 4. The summed E-state index contributed by atoms with van der Waals surface area (Å²) in [6, 6.07) is 46.1. The highest BCUT2D eigenvalue weighted by molar-refractivity contribution is 9.10. The molecular weight excluding hydrogens is 1140 g/mol. The van der Waals surface area contributed by atoms with Crippen LogP contribution in [-0.4, -0.2) is 72.4 Å². The lowest BCUT2D eigenvalue weighted by atomic mass is 10.0. The number of nitrogens with zero attached hydrogens (tertiary/aromatic N) is 8. The zero-order valence-electron chi connectivity index (χ0n) is 42.1. The lowest BCUT2D eigenvalue weighted by molar-refractivity contribution is 0.453. The van der Waals surface area contributed by atoms with Crippen molar-refractivity contribution in [2.75, 3.05) is 0 Å². The highest BCUT2D eigenvalue weighted by Gasteiger charge is 2.24. The Morgan fingerprint density at radius 3 is 1.72 bits per heavy atom. The molecule has 0 atom stereocenters. The molecule has 12 rings (SSSR count). The Morgan fingerprint density at radius 1 is 0.557 bits per heavy atom. The third-order valence-corrected chi connectivity index (χ3v) is 16.6. The molecule has 0 fully saturated rings. The van der Waals surface area contributed by atoms with Crippen LogP contribution in [0.4, 0.5) is 0 Å². The van der Waals surface area contributed by atoms with Crippen molar-refractivity contribution in [3.8, 4) is 28.0 Å². The Bertz CT molecular complexity index is 4290. The molecule has 0 spiro atoms. The van der Waals surface area contributed by atoms with Crippen molar-refractivity contribution in [3.05, 3.63) is 245 Å². The average Bonchev–Trinajstić information content (AvgIpc) is 4.41. The number of hydrogen-bond acceptors (Lipinski definition) is 12. The quantitative estimate of drug-likeness (QED) is 0.0918. The summed E-state index contributed by atoms with van der Waals surface area (Å²) in [7, 11) is -6.82. The lowest BCUT2D eigenvalue weighted by Gasteiger charge is -2.07. The molecule has 21 heteroatoms. The lowest BCUT2D eigenvalue weighted by Crippen LogP contribution is -2.12. The maximum Gasteiger partial charge on any atom is 0.569 e. The third-order valence-electron chi connectivity index (χ3n) is 12.2. The van der Waals surface area contributed by atoms with E-state index in [2.05, 4.69) is 97.9 Å². The average molecular weight is 1190 g/mol. The molecule has 15 nitrogen and oxygen atoms in total. The number of pyridine rings is 6. The van der Waals surface area contributed by atoms with Crippen molar-refractivity contribution in [1.82, 2.24) is 42.8 Å². The molecule has 2 N–H and O–H groups in total. The van der Waals surface area contributed by atoms with Gasteiger partial charge in [-0.15, -0.1) is 0 Å². The Labute approximate surface area is 475 Å². The van der Waals surface area contributed by atoms with E-state index in [0.717, 1.165) is 62.6 Å². The smallest absolute Gasteiger partial charge is 0.537 e. The molecule has 9 heterocycles. The van der Waals surface area contributed by atoms with E-state index in [0.29, 0.717) is 39.5 Å². The van der Waals surface area contributed by atoms with Gasteiger partial charge in [0.2, 0.25) is 0 Å². The molecule has 0 aliphatic rings. The summed E-state index contributed by atoms with van der Waals surface area (Å²) in [5.74, 6) is 0.461. The first-order valence-electron chi connectivity index (χ1n) is 24.2. The fourth-order valence-corrected chi connectivity index (χ4v) is 11.9. The van der Waals surface area contributed by atoms with Gasteiger partial charge < -0.3 is 14.7 Å². The Hall–Kier alpha value is -8.04. The predicted molar refractivity (Wildman–Crippen MR) is 314 cm³/mol. The third kappa shape index (κ3) is 13.3. The number of aromatic amines is 1. The van der Waals surface area contributed by atoms with E-state index in [4.69, 9.17) is 28.2 Å². The maximum absolute atomic E-state index is 13.2. The van der Waals surface area contributed by atoms with Crippen LogP contribution in [0.5, 0.6) is 5.75 Å².